The molecule has 13 heavy (non-hydrogen) atoms. The predicted octanol–water partition coefficient (Wildman–Crippen LogP) is 3.93. The van der Waals surface area contributed by atoms with Gasteiger partial charge < -0.3 is 4.43 Å². The molecule has 2 heteroatoms. The van der Waals surface area contributed by atoms with Crippen molar-refractivity contribution in [2.24, 2.45) is 5.92 Å². The van der Waals surface area contributed by atoms with E-state index in [4.69, 9.17) is 4.43 Å². The minimum atomic E-state index is -1.38. The van der Waals surface area contributed by atoms with Crippen molar-refractivity contribution in [3.8, 4) is 0 Å². The molecular formula is C11H22OSi. The molecule has 0 spiro atoms. The van der Waals surface area contributed by atoms with Crippen LogP contribution in [0.25, 0.3) is 0 Å². The first kappa shape index (κ1) is 10.8. The molecule has 0 saturated heterocycles. The highest BCUT2D eigenvalue weighted by molar-refractivity contribution is 6.70. The second-order valence-electron chi connectivity index (χ2n) is 5.01. The van der Waals surface area contributed by atoms with Crippen molar-refractivity contribution >= 4 is 8.32 Å². The molecule has 0 aliphatic heterocycles. The standard InChI is InChI=1S/C11H22OSi/c1-10-8-6-5-7-9-11(10)12-13(2,3)4/h9-10H,5-8H2,1-4H3/t10-/m1/s1. The lowest BCUT2D eigenvalue weighted by molar-refractivity contribution is 0.344. The Balaban J connectivity index is 2.59. The Morgan fingerprint density at radius 3 is 2.62 bits per heavy atom. The SMILES string of the molecule is C[C@@H]1CCCCC=C1O[Si](C)(C)C. The Morgan fingerprint density at radius 2 is 2.00 bits per heavy atom. The van der Waals surface area contributed by atoms with Crippen LogP contribution in [0, 0.1) is 5.92 Å². The fourth-order valence-electron chi connectivity index (χ4n) is 1.68. The number of hydrogen-bond donors (Lipinski definition) is 0. The van der Waals surface area contributed by atoms with Crippen LogP contribution in [0.4, 0.5) is 0 Å². The van der Waals surface area contributed by atoms with Gasteiger partial charge in [-0.3, -0.25) is 0 Å². The Bertz CT molecular complexity index is 191. The lowest BCUT2D eigenvalue weighted by Crippen LogP contribution is -2.26. The summed E-state index contributed by atoms with van der Waals surface area (Å²) in [6.45, 7) is 9.06. The molecule has 0 aromatic heterocycles. The van der Waals surface area contributed by atoms with Gasteiger partial charge in [-0.25, -0.2) is 0 Å². The zero-order valence-corrected chi connectivity index (χ0v) is 10.4. The van der Waals surface area contributed by atoms with Crippen molar-refractivity contribution in [3.05, 3.63) is 11.8 Å². The van der Waals surface area contributed by atoms with E-state index in [1.165, 1.54) is 31.4 Å². The van der Waals surface area contributed by atoms with E-state index in [2.05, 4.69) is 32.6 Å². The summed E-state index contributed by atoms with van der Waals surface area (Å²) in [5.74, 6) is 1.92. The lowest BCUT2D eigenvalue weighted by atomic mass is 10.1. The maximum absolute atomic E-state index is 6.07. The van der Waals surface area contributed by atoms with E-state index in [0.717, 1.165) is 0 Å². The summed E-state index contributed by atoms with van der Waals surface area (Å²) in [6, 6.07) is 0. The highest BCUT2D eigenvalue weighted by atomic mass is 28.4. The Hall–Kier alpha value is -0.243. The van der Waals surface area contributed by atoms with Crippen LogP contribution in [0.5, 0.6) is 0 Å². The topological polar surface area (TPSA) is 9.23 Å². The normalized spacial score (nSPS) is 24.9. The molecule has 0 N–H and O–H groups in total. The first-order valence-corrected chi connectivity index (χ1v) is 8.79. The van der Waals surface area contributed by atoms with Crippen LogP contribution in [0.2, 0.25) is 19.6 Å². The van der Waals surface area contributed by atoms with Crippen molar-refractivity contribution in [1.29, 1.82) is 0 Å². The van der Waals surface area contributed by atoms with Crippen LogP contribution >= 0.6 is 0 Å². The van der Waals surface area contributed by atoms with Crippen LogP contribution in [0.3, 0.4) is 0 Å². The van der Waals surface area contributed by atoms with Gasteiger partial charge in [-0.05, 0) is 45.0 Å². The summed E-state index contributed by atoms with van der Waals surface area (Å²) < 4.78 is 6.07. The van der Waals surface area contributed by atoms with Gasteiger partial charge in [0.05, 0.1) is 5.76 Å². The molecule has 0 aromatic rings. The minimum absolute atomic E-state index is 0.647. The summed E-state index contributed by atoms with van der Waals surface area (Å²) in [5, 5.41) is 0. The summed E-state index contributed by atoms with van der Waals surface area (Å²) in [4.78, 5) is 0. The molecule has 0 saturated carbocycles. The first-order chi connectivity index (χ1) is 5.99. The van der Waals surface area contributed by atoms with Gasteiger partial charge in [0.25, 0.3) is 0 Å². The lowest BCUT2D eigenvalue weighted by Gasteiger charge is -2.25. The van der Waals surface area contributed by atoms with Crippen molar-refractivity contribution in [2.45, 2.75) is 52.2 Å². The fraction of sp³-hybridized carbons (Fsp3) is 0.818. The van der Waals surface area contributed by atoms with Gasteiger partial charge in [0, 0.05) is 5.92 Å². The van der Waals surface area contributed by atoms with E-state index in [1.54, 1.807) is 0 Å². The molecule has 0 amide bonds. The van der Waals surface area contributed by atoms with Gasteiger partial charge in [0.2, 0.25) is 8.32 Å². The number of allylic oxidation sites excluding steroid dienone is 2. The highest BCUT2D eigenvalue weighted by Crippen LogP contribution is 2.26. The average Bonchev–Trinajstić information content (AvgIpc) is 2.14. The van der Waals surface area contributed by atoms with Crippen LogP contribution < -0.4 is 0 Å². The molecule has 1 nitrogen and oxygen atoms in total. The van der Waals surface area contributed by atoms with E-state index in [0.29, 0.717) is 5.92 Å². The maximum Gasteiger partial charge on any atom is 0.241 e. The Morgan fingerprint density at radius 1 is 1.31 bits per heavy atom. The Kier molecular flexibility index (Phi) is 3.60. The molecule has 1 aliphatic carbocycles. The predicted molar refractivity (Wildman–Crippen MR) is 60.1 cm³/mol. The summed E-state index contributed by atoms with van der Waals surface area (Å²) in [6.07, 6.45) is 7.52. The van der Waals surface area contributed by atoms with Crippen LogP contribution in [-0.4, -0.2) is 8.32 Å². The molecule has 0 heterocycles. The van der Waals surface area contributed by atoms with Crippen molar-refractivity contribution in [2.75, 3.05) is 0 Å². The van der Waals surface area contributed by atoms with Gasteiger partial charge in [-0.2, -0.15) is 0 Å². The zero-order chi connectivity index (χ0) is 9.90. The second kappa shape index (κ2) is 4.31. The molecular weight excluding hydrogens is 176 g/mol. The molecule has 0 aromatic carbocycles. The van der Waals surface area contributed by atoms with Crippen LogP contribution in [0.15, 0.2) is 11.8 Å². The summed E-state index contributed by atoms with van der Waals surface area (Å²) in [7, 11) is -1.38. The quantitative estimate of drug-likeness (QED) is 0.611. The Labute approximate surface area is 83.3 Å². The third-order valence-corrected chi connectivity index (χ3v) is 3.19. The summed E-state index contributed by atoms with van der Waals surface area (Å²) >= 11 is 0. The second-order valence-corrected chi connectivity index (χ2v) is 9.44. The molecule has 0 bridgehead atoms. The molecule has 0 fully saturated rings. The fourth-order valence-corrected chi connectivity index (χ4v) is 2.67. The minimum Gasteiger partial charge on any atom is -0.547 e. The van der Waals surface area contributed by atoms with Gasteiger partial charge in [0.15, 0.2) is 0 Å². The molecule has 1 rings (SSSR count). The molecule has 1 aliphatic rings. The number of rotatable bonds is 2. The smallest absolute Gasteiger partial charge is 0.241 e. The largest absolute Gasteiger partial charge is 0.547 e. The van der Waals surface area contributed by atoms with Gasteiger partial charge >= 0.3 is 0 Å². The molecule has 1 atom stereocenters. The monoisotopic (exact) mass is 198 g/mol. The number of hydrogen-bond acceptors (Lipinski definition) is 1. The van der Waals surface area contributed by atoms with Crippen LogP contribution in [0.1, 0.15) is 32.6 Å². The third kappa shape index (κ3) is 3.99. The zero-order valence-electron chi connectivity index (χ0n) is 9.39. The van der Waals surface area contributed by atoms with Crippen molar-refractivity contribution < 1.29 is 4.43 Å². The van der Waals surface area contributed by atoms with E-state index < -0.39 is 8.32 Å². The highest BCUT2D eigenvalue weighted by Gasteiger charge is 2.21. The van der Waals surface area contributed by atoms with E-state index >= 15 is 0 Å². The third-order valence-electron chi connectivity index (χ3n) is 2.35. The van der Waals surface area contributed by atoms with Gasteiger partial charge in [0.1, 0.15) is 0 Å². The first-order valence-electron chi connectivity index (χ1n) is 5.38. The van der Waals surface area contributed by atoms with Crippen LogP contribution in [-0.2, 0) is 4.43 Å². The molecule has 0 unspecified atom stereocenters. The molecule has 76 valence electrons. The van der Waals surface area contributed by atoms with Crippen molar-refractivity contribution in [3.63, 3.8) is 0 Å². The summed E-state index contributed by atoms with van der Waals surface area (Å²) in [5.41, 5.74) is 0. The van der Waals surface area contributed by atoms with Crippen molar-refractivity contribution in [1.82, 2.24) is 0 Å². The maximum atomic E-state index is 6.07. The van der Waals surface area contributed by atoms with E-state index in [-0.39, 0.29) is 0 Å². The van der Waals surface area contributed by atoms with E-state index in [9.17, 15) is 0 Å². The van der Waals surface area contributed by atoms with Gasteiger partial charge in [-0.1, -0.05) is 13.3 Å². The molecule has 0 radical (unpaired) electrons. The van der Waals surface area contributed by atoms with E-state index in [1.807, 2.05) is 0 Å². The van der Waals surface area contributed by atoms with Gasteiger partial charge in [-0.15, -0.1) is 0 Å². The average molecular weight is 198 g/mol.